The maximum Gasteiger partial charge on any atom is 0.246 e. The number of hydrogen-bond donors (Lipinski definition) is 1. The molecular formula is C14H21FN2O2S. The molecule has 1 aliphatic heterocycles. The van der Waals surface area contributed by atoms with Gasteiger partial charge in [-0.15, -0.1) is 0 Å². The monoisotopic (exact) mass is 300 g/mol. The molecule has 2 atom stereocenters. The standard InChI is InChI=1S/C14H21FN2O2S/c1-11(16-2)13-8-5-6-10-17(13)20(18,19)14-9-4-3-7-12(14)15/h3-4,7,9,11,13,16H,5-6,8,10H2,1-2H3. The van der Waals surface area contributed by atoms with Crippen LogP contribution in [0.15, 0.2) is 29.2 Å². The molecule has 0 aromatic heterocycles. The van der Waals surface area contributed by atoms with Crippen LogP contribution in [-0.2, 0) is 10.0 Å². The molecule has 1 heterocycles. The second-order valence-electron chi connectivity index (χ2n) is 5.19. The Labute approximate surface area is 120 Å². The molecule has 1 N–H and O–H groups in total. The Morgan fingerprint density at radius 3 is 2.70 bits per heavy atom. The Hall–Kier alpha value is -0.980. The smallest absolute Gasteiger partial charge is 0.246 e. The number of piperidine rings is 1. The summed E-state index contributed by atoms with van der Waals surface area (Å²) in [6.45, 7) is 2.41. The van der Waals surface area contributed by atoms with Crippen molar-refractivity contribution in [3.05, 3.63) is 30.1 Å². The molecule has 0 spiro atoms. The number of hydrogen-bond acceptors (Lipinski definition) is 3. The Balaban J connectivity index is 2.38. The molecule has 1 aliphatic rings. The first-order valence-corrected chi connectivity index (χ1v) is 8.36. The Morgan fingerprint density at radius 2 is 2.05 bits per heavy atom. The van der Waals surface area contributed by atoms with Gasteiger partial charge in [-0.2, -0.15) is 4.31 Å². The number of nitrogens with zero attached hydrogens (tertiary/aromatic N) is 1. The quantitative estimate of drug-likeness (QED) is 0.925. The molecule has 1 aromatic carbocycles. The maximum absolute atomic E-state index is 13.8. The van der Waals surface area contributed by atoms with E-state index in [1.165, 1.54) is 22.5 Å². The van der Waals surface area contributed by atoms with Crippen LogP contribution >= 0.6 is 0 Å². The van der Waals surface area contributed by atoms with Crippen LogP contribution in [0.4, 0.5) is 4.39 Å². The zero-order valence-electron chi connectivity index (χ0n) is 11.8. The highest BCUT2D eigenvalue weighted by Gasteiger charge is 2.37. The zero-order valence-corrected chi connectivity index (χ0v) is 12.7. The van der Waals surface area contributed by atoms with Crippen LogP contribution in [0.1, 0.15) is 26.2 Å². The minimum Gasteiger partial charge on any atom is -0.316 e. The average molecular weight is 300 g/mol. The van der Waals surface area contributed by atoms with Gasteiger partial charge in [-0.05, 0) is 38.9 Å². The Bertz CT molecular complexity index is 562. The highest BCUT2D eigenvalue weighted by Crippen LogP contribution is 2.28. The van der Waals surface area contributed by atoms with E-state index in [-0.39, 0.29) is 17.0 Å². The summed E-state index contributed by atoms with van der Waals surface area (Å²) in [4.78, 5) is -0.227. The van der Waals surface area contributed by atoms with E-state index in [1.807, 2.05) is 14.0 Å². The van der Waals surface area contributed by atoms with E-state index in [4.69, 9.17) is 0 Å². The lowest BCUT2D eigenvalue weighted by Gasteiger charge is -2.38. The van der Waals surface area contributed by atoms with Crippen LogP contribution in [0.3, 0.4) is 0 Å². The van der Waals surface area contributed by atoms with E-state index >= 15 is 0 Å². The van der Waals surface area contributed by atoms with Crippen molar-refractivity contribution in [3.63, 3.8) is 0 Å². The van der Waals surface area contributed by atoms with Gasteiger partial charge in [0, 0.05) is 18.6 Å². The molecule has 0 bridgehead atoms. The molecule has 1 saturated heterocycles. The number of halogens is 1. The fourth-order valence-corrected chi connectivity index (χ4v) is 4.53. The van der Waals surface area contributed by atoms with Crippen molar-refractivity contribution in [1.82, 2.24) is 9.62 Å². The van der Waals surface area contributed by atoms with Gasteiger partial charge in [-0.1, -0.05) is 18.6 Å². The number of likely N-dealkylation sites (N-methyl/N-ethyl adjacent to an activating group) is 1. The van der Waals surface area contributed by atoms with E-state index in [0.717, 1.165) is 19.3 Å². The minimum absolute atomic E-state index is 0.0387. The van der Waals surface area contributed by atoms with Crippen molar-refractivity contribution >= 4 is 10.0 Å². The van der Waals surface area contributed by atoms with Crippen molar-refractivity contribution in [2.45, 2.75) is 43.2 Å². The lowest BCUT2D eigenvalue weighted by atomic mass is 9.99. The largest absolute Gasteiger partial charge is 0.316 e. The van der Waals surface area contributed by atoms with Gasteiger partial charge in [0.15, 0.2) is 0 Å². The highest BCUT2D eigenvalue weighted by atomic mass is 32.2. The average Bonchev–Trinajstić information content (AvgIpc) is 2.46. The van der Waals surface area contributed by atoms with Gasteiger partial charge in [0.1, 0.15) is 10.7 Å². The number of rotatable bonds is 4. The number of nitrogens with one attached hydrogen (secondary N) is 1. The summed E-state index contributed by atoms with van der Waals surface area (Å²) in [6, 6.07) is 5.48. The summed E-state index contributed by atoms with van der Waals surface area (Å²) >= 11 is 0. The van der Waals surface area contributed by atoms with E-state index in [9.17, 15) is 12.8 Å². The normalized spacial score (nSPS) is 22.6. The van der Waals surface area contributed by atoms with Crippen molar-refractivity contribution in [1.29, 1.82) is 0 Å². The SMILES string of the molecule is CNC(C)C1CCCCN1S(=O)(=O)c1ccccc1F. The molecule has 0 saturated carbocycles. The predicted molar refractivity (Wildman–Crippen MR) is 76.5 cm³/mol. The molecule has 1 fully saturated rings. The molecule has 112 valence electrons. The molecule has 1 aromatic rings. The summed E-state index contributed by atoms with van der Waals surface area (Å²) in [5.74, 6) is -0.686. The summed E-state index contributed by atoms with van der Waals surface area (Å²) < 4.78 is 40.7. The van der Waals surface area contributed by atoms with Gasteiger partial charge in [0.2, 0.25) is 10.0 Å². The molecule has 6 heteroatoms. The van der Waals surface area contributed by atoms with Gasteiger partial charge < -0.3 is 5.32 Å². The van der Waals surface area contributed by atoms with E-state index in [1.54, 1.807) is 6.07 Å². The molecule has 20 heavy (non-hydrogen) atoms. The van der Waals surface area contributed by atoms with Gasteiger partial charge >= 0.3 is 0 Å². The van der Waals surface area contributed by atoms with E-state index in [0.29, 0.717) is 6.54 Å². The van der Waals surface area contributed by atoms with Crippen molar-refractivity contribution < 1.29 is 12.8 Å². The van der Waals surface area contributed by atoms with E-state index < -0.39 is 15.8 Å². The van der Waals surface area contributed by atoms with Crippen molar-refractivity contribution in [2.24, 2.45) is 0 Å². The second kappa shape index (κ2) is 6.20. The van der Waals surface area contributed by atoms with Crippen LogP contribution in [-0.4, -0.2) is 38.4 Å². The first-order valence-electron chi connectivity index (χ1n) is 6.92. The van der Waals surface area contributed by atoms with Crippen LogP contribution in [0.25, 0.3) is 0 Å². The number of benzene rings is 1. The fourth-order valence-electron chi connectivity index (χ4n) is 2.70. The topological polar surface area (TPSA) is 49.4 Å². The third-order valence-corrected chi connectivity index (χ3v) is 5.91. The lowest BCUT2D eigenvalue weighted by molar-refractivity contribution is 0.213. The lowest BCUT2D eigenvalue weighted by Crippen LogP contribution is -2.52. The third-order valence-electron chi connectivity index (χ3n) is 3.95. The van der Waals surface area contributed by atoms with Crippen LogP contribution in [0.5, 0.6) is 0 Å². The summed E-state index contributed by atoms with van der Waals surface area (Å²) in [5, 5.41) is 3.10. The van der Waals surface area contributed by atoms with Gasteiger partial charge in [-0.3, -0.25) is 0 Å². The number of sulfonamides is 1. The Morgan fingerprint density at radius 1 is 1.35 bits per heavy atom. The van der Waals surface area contributed by atoms with Gasteiger partial charge in [0.05, 0.1) is 0 Å². The van der Waals surface area contributed by atoms with Crippen LogP contribution < -0.4 is 5.32 Å². The van der Waals surface area contributed by atoms with Gasteiger partial charge in [0.25, 0.3) is 0 Å². The summed E-state index contributed by atoms with van der Waals surface area (Å²) in [7, 11) is -1.97. The highest BCUT2D eigenvalue weighted by molar-refractivity contribution is 7.89. The third kappa shape index (κ3) is 2.87. The first-order chi connectivity index (χ1) is 9.48. The first kappa shape index (κ1) is 15.4. The molecule has 2 rings (SSSR count). The molecule has 4 nitrogen and oxygen atoms in total. The van der Waals surface area contributed by atoms with Crippen LogP contribution in [0.2, 0.25) is 0 Å². The zero-order chi connectivity index (χ0) is 14.8. The molecular weight excluding hydrogens is 279 g/mol. The van der Waals surface area contributed by atoms with E-state index in [2.05, 4.69) is 5.32 Å². The summed E-state index contributed by atoms with van der Waals surface area (Å²) in [5.41, 5.74) is 0. The fraction of sp³-hybridized carbons (Fsp3) is 0.571. The van der Waals surface area contributed by atoms with Crippen LogP contribution in [0, 0.1) is 5.82 Å². The molecule has 0 aliphatic carbocycles. The van der Waals surface area contributed by atoms with Crippen molar-refractivity contribution in [2.75, 3.05) is 13.6 Å². The Kier molecular flexibility index (Phi) is 4.78. The molecule has 0 amide bonds. The second-order valence-corrected chi connectivity index (χ2v) is 7.05. The molecule has 0 radical (unpaired) electrons. The van der Waals surface area contributed by atoms with Crippen molar-refractivity contribution in [3.8, 4) is 0 Å². The summed E-state index contributed by atoms with van der Waals surface area (Å²) in [6.07, 6.45) is 2.62. The van der Waals surface area contributed by atoms with Gasteiger partial charge in [-0.25, -0.2) is 12.8 Å². The molecule has 2 unspecified atom stereocenters. The minimum atomic E-state index is -3.78. The maximum atomic E-state index is 13.8. The predicted octanol–water partition coefficient (Wildman–Crippen LogP) is 1.98.